The molecule has 0 saturated heterocycles. The molecule has 2 saturated carbocycles. The van der Waals surface area contributed by atoms with Gasteiger partial charge in [-0.15, -0.1) is 0 Å². The molecule has 2 aliphatic carbocycles. The molecule has 0 N–H and O–H groups in total. The van der Waals surface area contributed by atoms with E-state index in [2.05, 4.69) is 0 Å². The molecule has 0 nitrogen and oxygen atoms in total. The molecule has 0 atom stereocenters. The van der Waals surface area contributed by atoms with E-state index in [9.17, 15) is 0 Å². The third kappa shape index (κ3) is 20.0. The van der Waals surface area contributed by atoms with Gasteiger partial charge < -0.3 is 0 Å². The Labute approximate surface area is 230 Å². The van der Waals surface area contributed by atoms with Gasteiger partial charge in [-0.1, -0.05) is 218 Å². The Morgan fingerprint density at radius 1 is 0.194 bits per heavy atom. The Bertz CT molecular complexity index is 350. The quantitative estimate of drug-likeness (QED) is 0.360. The molecule has 0 radical (unpaired) electrons. The lowest BCUT2D eigenvalue weighted by molar-refractivity contribution is 0.309. The minimum Gasteiger partial charge on any atom is -0.0533 e. The third-order valence-electron chi connectivity index (χ3n) is 9.93. The van der Waals surface area contributed by atoms with Crippen molar-refractivity contribution in [3.63, 3.8) is 0 Å². The molecule has 2 fully saturated rings. The monoisotopic (exact) mass is 503 g/mol. The Kier molecular flexibility index (Phi) is 22.6. The van der Waals surface area contributed by atoms with Crippen LogP contribution in [0, 0.1) is 11.8 Å². The smallest absolute Gasteiger partial charge is 0.0414 e. The van der Waals surface area contributed by atoms with Crippen molar-refractivity contribution >= 4 is 0 Å². The first-order valence-electron chi connectivity index (χ1n) is 17.9. The van der Waals surface area contributed by atoms with Crippen LogP contribution in [0.4, 0.5) is 0 Å². The number of hydrogen-bond acceptors (Lipinski definition) is 0. The van der Waals surface area contributed by atoms with E-state index >= 15 is 0 Å². The van der Waals surface area contributed by atoms with Crippen molar-refractivity contribution in [1.29, 1.82) is 0 Å². The molecule has 36 heavy (non-hydrogen) atoms. The second kappa shape index (κ2) is 25.3. The summed E-state index contributed by atoms with van der Waals surface area (Å²) >= 11 is 0. The standard InChI is InChI=1S/C36H70/c1-2-6-10-14-18-22-26-30-35(29-25-21-17-13-9-5-1)33-34-36-31-27-23-19-15-11-7-3-4-8-12-16-20-24-28-32-36/h35-36H,1-34H2. The summed E-state index contributed by atoms with van der Waals surface area (Å²) in [6, 6.07) is 0. The molecule has 0 aromatic rings. The first-order valence-corrected chi connectivity index (χ1v) is 17.9. The third-order valence-corrected chi connectivity index (χ3v) is 9.93. The maximum Gasteiger partial charge on any atom is -0.0414 e. The van der Waals surface area contributed by atoms with Crippen molar-refractivity contribution < 1.29 is 0 Å². The Morgan fingerprint density at radius 2 is 0.333 bits per heavy atom. The van der Waals surface area contributed by atoms with Crippen molar-refractivity contribution in [2.75, 3.05) is 0 Å². The topological polar surface area (TPSA) is 0 Å². The molecule has 214 valence electrons. The van der Waals surface area contributed by atoms with E-state index in [4.69, 9.17) is 0 Å². The molecule has 2 aliphatic rings. The molecule has 2 rings (SSSR count). The summed E-state index contributed by atoms with van der Waals surface area (Å²) in [5.41, 5.74) is 0. The summed E-state index contributed by atoms with van der Waals surface area (Å²) in [5, 5.41) is 0. The summed E-state index contributed by atoms with van der Waals surface area (Å²) in [6.45, 7) is 0. The van der Waals surface area contributed by atoms with Gasteiger partial charge in [-0.05, 0) is 11.8 Å². The zero-order valence-corrected chi connectivity index (χ0v) is 25.2. The van der Waals surface area contributed by atoms with E-state index in [1.54, 1.807) is 38.5 Å². The number of hydrogen-bond donors (Lipinski definition) is 0. The van der Waals surface area contributed by atoms with Gasteiger partial charge in [0.2, 0.25) is 0 Å². The van der Waals surface area contributed by atoms with Crippen molar-refractivity contribution in [2.45, 2.75) is 218 Å². The van der Waals surface area contributed by atoms with E-state index in [0.29, 0.717) is 0 Å². The van der Waals surface area contributed by atoms with Gasteiger partial charge in [0.15, 0.2) is 0 Å². The lowest BCUT2D eigenvalue weighted by Gasteiger charge is -2.22. The van der Waals surface area contributed by atoms with Gasteiger partial charge in [0.05, 0.1) is 0 Å². The lowest BCUT2D eigenvalue weighted by atomic mass is 9.84. The minimum atomic E-state index is 1.05. The van der Waals surface area contributed by atoms with Crippen molar-refractivity contribution in [3.05, 3.63) is 0 Å². The minimum absolute atomic E-state index is 1.05. The fourth-order valence-corrected chi connectivity index (χ4v) is 7.31. The Hall–Kier alpha value is 0. The van der Waals surface area contributed by atoms with Crippen molar-refractivity contribution in [1.82, 2.24) is 0 Å². The Morgan fingerprint density at radius 3 is 0.500 bits per heavy atom. The van der Waals surface area contributed by atoms with Crippen LogP contribution in [-0.2, 0) is 0 Å². The van der Waals surface area contributed by atoms with E-state index in [1.807, 2.05) is 0 Å². The maximum absolute atomic E-state index is 1.56. The summed E-state index contributed by atoms with van der Waals surface area (Å²) in [5.74, 6) is 2.09. The highest BCUT2D eigenvalue weighted by Crippen LogP contribution is 2.30. The van der Waals surface area contributed by atoms with Crippen LogP contribution in [0.1, 0.15) is 218 Å². The van der Waals surface area contributed by atoms with Gasteiger partial charge in [0.25, 0.3) is 0 Å². The Balaban J connectivity index is 1.74. The molecular formula is C36H70. The van der Waals surface area contributed by atoms with E-state index in [1.165, 1.54) is 180 Å². The molecule has 0 aromatic carbocycles. The highest BCUT2D eigenvalue weighted by atomic mass is 14.2. The SMILES string of the molecule is C1CCCCCCCCC(CCC2CCCCCCCCCCCCCCCC2)CCCCCCC1. The van der Waals surface area contributed by atoms with Gasteiger partial charge in [0.1, 0.15) is 0 Å². The van der Waals surface area contributed by atoms with Gasteiger partial charge >= 0.3 is 0 Å². The highest BCUT2D eigenvalue weighted by molar-refractivity contribution is 4.68. The molecule has 0 aromatic heterocycles. The van der Waals surface area contributed by atoms with Gasteiger partial charge in [-0.3, -0.25) is 0 Å². The van der Waals surface area contributed by atoms with Crippen LogP contribution < -0.4 is 0 Å². The van der Waals surface area contributed by atoms with Crippen LogP contribution in [0.3, 0.4) is 0 Å². The van der Waals surface area contributed by atoms with Crippen LogP contribution in [0.15, 0.2) is 0 Å². The molecule has 0 aliphatic heterocycles. The molecule has 0 heteroatoms. The van der Waals surface area contributed by atoms with Crippen LogP contribution in [0.25, 0.3) is 0 Å². The maximum atomic E-state index is 1.56. The lowest BCUT2D eigenvalue weighted by Crippen LogP contribution is -2.07. The highest BCUT2D eigenvalue weighted by Gasteiger charge is 2.14. The van der Waals surface area contributed by atoms with Gasteiger partial charge in [0, 0.05) is 0 Å². The van der Waals surface area contributed by atoms with Crippen LogP contribution in [-0.4, -0.2) is 0 Å². The van der Waals surface area contributed by atoms with E-state index in [0.717, 1.165) is 11.8 Å². The molecule has 0 amide bonds. The second-order valence-corrected chi connectivity index (χ2v) is 13.4. The summed E-state index contributed by atoms with van der Waals surface area (Å²) in [4.78, 5) is 0. The fourth-order valence-electron chi connectivity index (χ4n) is 7.31. The fraction of sp³-hybridized carbons (Fsp3) is 1.00. The normalized spacial score (nSPS) is 25.0. The first kappa shape index (κ1) is 32.2. The average molecular weight is 503 g/mol. The average Bonchev–Trinajstić information content (AvgIpc) is 2.89. The van der Waals surface area contributed by atoms with E-state index < -0.39 is 0 Å². The van der Waals surface area contributed by atoms with E-state index in [-0.39, 0.29) is 0 Å². The van der Waals surface area contributed by atoms with Crippen LogP contribution >= 0.6 is 0 Å². The predicted molar refractivity (Wildman–Crippen MR) is 164 cm³/mol. The molecular weight excluding hydrogens is 432 g/mol. The summed E-state index contributed by atoms with van der Waals surface area (Å²) in [6.07, 6.45) is 51.6. The predicted octanol–water partition coefficient (Wildman–Crippen LogP) is 13.5. The molecule has 0 bridgehead atoms. The zero-order valence-electron chi connectivity index (χ0n) is 25.2. The largest absolute Gasteiger partial charge is 0.0533 e. The molecule has 0 spiro atoms. The van der Waals surface area contributed by atoms with Gasteiger partial charge in [-0.25, -0.2) is 0 Å². The van der Waals surface area contributed by atoms with Crippen LogP contribution in [0.2, 0.25) is 0 Å². The van der Waals surface area contributed by atoms with Crippen LogP contribution in [0.5, 0.6) is 0 Å². The summed E-state index contributed by atoms with van der Waals surface area (Å²) in [7, 11) is 0. The van der Waals surface area contributed by atoms with Crippen molar-refractivity contribution in [3.8, 4) is 0 Å². The second-order valence-electron chi connectivity index (χ2n) is 13.4. The summed E-state index contributed by atoms with van der Waals surface area (Å²) < 4.78 is 0. The number of rotatable bonds is 3. The molecule has 0 unspecified atom stereocenters. The zero-order chi connectivity index (χ0) is 25.2. The van der Waals surface area contributed by atoms with Crippen molar-refractivity contribution in [2.24, 2.45) is 11.8 Å². The molecule has 0 heterocycles. The first-order chi connectivity index (χ1) is 17.9. The van der Waals surface area contributed by atoms with Gasteiger partial charge in [-0.2, -0.15) is 0 Å².